The average Bonchev–Trinajstić information content (AvgIpc) is 3.01. The molecule has 0 aliphatic heterocycles. The Hall–Kier alpha value is -5.83. The van der Waals surface area contributed by atoms with Gasteiger partial charge in [0.25, 0.3) is 11.8 Å². The highest BCUT2D eigenvalue weighted by atomic mass is 19.1. The molecular weight excluding hydrogens is 543 g/mol. The van der Waals surface area contributed by atoms with E-state index < -0.39 is 17.6 Å². The predicted molar refractivity (Wildman–Crippen MR) is 163 cm³/mol. The molecule has 4 aromatic heterocycles. The number of carbonyl (C=O) groups excluding carboxylic acids is 2. The van der Waals surface area contributed by atoms with E-state index in [-0.39, 0.29) is 22.3 Å². The first-order valence-corrected chi connectivity index (χ1v) is 13.6. The van der Waals surface area contributed by atoms with Gasteiger partial charge in [0.05, 0.1) is 5.52 Å². The quantitative estimate of drug-likeness (QED) is 0.220. The molecule has 2 amide bonds. The first kappa shape index (κ1) is 26.1. The summed E-state index contributed by atoms with van der Waals surface area (Å²) in [6, 6.07) is 26.6. The number of benzene rings is 3. The molecule has 7 aromatic rings. The van der Waals surface area contributed by atoms with Gasteiger partial charge in [0.1, 0.15) is 36.8 Å². The fourth-order valence-electron chi connectivity index (χ4n) is 5.35. The summed E-state index contributed by atoms with van der Waals surface area (Å²) in [4.78, 5) is 35.5. The van der Waals surface area contributed by atoms with E-state index in [2.05, 4.69) is 20.6 Å². The van der Waals surface area contributed by atoms with Crippen molar-refractivity contribution in [2.24, 2.45) is 14.1 Å². The summed E-state index contributed by atoms with van der Waals surface area (Å²) in [5, 5.41) is 8.39. The van der Waals surface area contributed by atoms with Crippen molar-refractivity contribution in [3.8, 4) is 0 Å². The molecule has 0 spiro atoms. The molecule has 2 N–H and O–H groups in total. The van der Waals surface area contributed by atoms with Crippen LogP contribution in [0.15, 0.2) is 103 Å². The zero-order valence-electron chi connectivity index (χ0n) is 23.3. The van der Waals surface area contributed by atoms with Crippen molar-refractivity contribution < 1.29 is 23.1 Å². The molecule has 8 nitrogen and oxygen atoms in total. The minimum Gasteiger partial charge on any atom is -0.321 e. The van der Waals surface area contributed by atoms with E-state index in [0.29, 0.717) is 22.3 Å². The highest BCUT2D eigenvalue weighted by Gasteiger charge is 2.17. The van der Waals surface area contributed by atoms with Crippen molar-refractivity contribution in [1.29, 1.82) is 0 Å². The summed E-state index contributed by atoms with van der Waals surface area (Å²) in [7, 11) is 3.91. The van der Waals surface area contributed by atoms with Gasteiger partial charge in [-0.2, -0.15) is 0 Å². The Balaban J connectivity index is 1.22. The molecule has 0 saturated heterocycles. The van der Waals surface area contributed by atoms with Crippen LogP contribution in [0.1, 0.15) is 21.0 Å². The standard InChI is InChI=1S/C34H23FN6O2/c1-40-15-3-5-20-17-23(8-13-29(20)40)36-33(42)27-11-7-22-19-26(35)25-10-12-28(39-32(25)31(22)38-27)34(43)37-24-9-14-30-21(18-24)6-4-16-41(30)2/h3-19H,1-2H3/p+2. The topological polar surface area (TPSA) is 91.7 Å². The maximum absolute atomic E-state index is 15.0. The molecule has 3 aromatic carbocycles. The summed E-state index contributed by atoms with van der Waals surface area (Å²) < 4.78 is 19.0. The zero-order valence-corrected chi connectivity index (χ0v) is 23.3. The Morgan fingerprint density at radius 3 is 1.74 bits per heavy atom. The summed E-state index contributed by atoms with van der Waals surface area (Å²) in [5.74, 6) is -1.36. The molecule has 0 fully saturated rings. The minimum atomic E-state index is -0.493. The molecule has 0 atom stereocenters. The number of anilines is 2. The van der Waals surface area contributed by atoms with Crippen molar-refractivity contribution in [3.05, 3.63) is 121 Å². The van der Waals surface area contributed by atoms with Gasteiger partial charge in [-0.05, 0) is 60.7 Å². The molecule has 7 rings (SSSR count). The molecule has 0 radical (unpaired) electrons. The summed E-state index contributed by atoms with van der Waals surface area (Å²) in [5.41, 5.74) is 4.02. The summed E-state index contributed by atoms with van der Waals surface area (Å²) >= 11 is 0. The number of hydrogen-bond acceptors (Lipinski definition) is 4. The number of halogens is 1. The Labute approximate surface area is 245 Å². The lowest BCUT2D eigenvalue weighted by Crippen LogP contribution is -2.27. The number of pyridine rings is 4. The molecule has 9 heteroatoms. The van der Waals surface area contributed by atoms with Crippen molar-refractivity contribution in [3.63, 3.8) is 0 Å². The molecule has 4 heterocycles. The van der Waals surface area contributed by atoms with E-state index in [1.165, 1.54) is 18.2 Å². The van der Waals surface area contributed by atoms with Gasteiger partial charge >= 0.3 is 0 Å². The number of aryl methyl sites for hydroxylation is 2. The monoisotopic (exact) mass is 568 g/mol. The van der Waals surface area contributed by atoms with Crippen LogP contribution in [0.4, 0.5) is 15.8 Å². The van der Waals surface area contributed by atoms with Gasteiger partial charge in [0, 0.05) is 57.2 Å². The number of hydrogen-bond donors (Lipinski definition) is 2. The van der Waals surface area contributed by atoms with Crippen LogP contribution in [-0.2, 0) is 14.1 Å². The lowest BCUT2D eigenvalue weighted by molar-refractivity contribution is -0.645. The van der Waals surface area contributed by atoms with Crippen LogP contribution in [0.3, 0.4) is 0 Å². The highest BCUT2D eigenvalue weighted by Crippen LogP contribution is 2.27. The zero-order chi connectivity index (χ0) is 29.7. The Kier molecular flexibility index (Phi) is 6.20. The second-order valence-corrected chi connectivity index (χ2v) is 10.4. The van der Waals surface area contributed by atoms with Crippen molar-refractivity contribution in [2.45, 2.75) is 0 Å². The molecule has 0 unspecified atom stereocenters. The van der Waals surface area contributed by atoms with Gasteiger partial charge in [-0.1, -0.05) is 6.07 Å². The molecule has 0 aliphatic carbocycles. The molecule has 208 valence electrons. The van der Waals surface area contributed by atoms with Crippen molar-refractivity contribution in [1.82, 2.24) is 9.97 Å². The average molecular weight is 569 g/mol. The van der Waals surface area contributed by atoms with Gasteiger partial charge in [-0.3, -0.25) is 9.59 Å². The molecule has 43 heavy (non-hydrogen) atoms. The van der Waals surface area contributed by atoms with Crippen LogP contribution in [0.25, 0.3) is 43.6 Å². The van der Waals surface area contributed by atoms with Gasteiger partial charge in [0.2, 0.25) is 11.0 Å². The van der Waals surface area contributed by atoms with Crippen LogP contribution in [0.2, 0.25) is 0 Å². The van der Waals surface area contributed by atoms with E-state index in [4.69, 9.17) is 0 Å². The number of nitrogens with one attached hydrogen (secondary N) is 2. The number of rotatable bonds is 4. The van der Waals surface area contributed by atoms with Crippen LogP contribution in [-0.4, -0.2) is 21.8 Å². The summed E-state index contributed by atoms with van der Waals surface area (Å²) in [6.07, 6.45) is 3.91. The van der Waals surface area contributed by atoms with Gasteiger partial charge in [-0.15, -0.1) is 0 Å². The van der Waals surface area contributed by atoms with Crippen molar-refractivity contribution >= 4 is 66.8 Å². The van der Waals surface area contributed by atoms with Crippen LogP contribution in [0.5, 0.6) is 0 Å². The number of nitrogens with zero attached hydrogens (tertiary/aromatic N) is 4. The number of amides is 2. The third kappa shape index (κ3) is 4.76. The fourth-order valence-corrected chi connectivity index (χ4v) is 5.35. The third-order valence-electron chi connectivity index (χ3n) is 7.55. The van der Waals surface area contributed by atoms with Crippen LogP contribution in [0, 0.1) is 5.82 Å². The summed E-state index contributed by atoms with van der Waals surface area (Å²) in [6.45, 7) is 0. The number of fused-ring (bicyclic) bond motifs is 5. The Morgan fingerprint density at radius 2 is 1.16 bits per heavy atom. The van der Waals surface area contributed by atoms with Crippen LogP contribution < -0.4 is 19.8 Å². The molecule has 0 saturated carbocycles. The minimum absolute atomic E-state index is 0.0964. The predicted octanol–water partition coefficient (Wildman–Crippen LogP) is 5.38. The molecule has 0 bridgehead atoms. The second-order valence-electron chi connectivity index (χ2n) is 10.4. The maximum atomic E-state index is 15.0. The first-order valence-electron chi connectivity index (χ1n) is 13.6. The lowest BCUT2D eigenvalue weighted by atomic mass is 10.1. The fraction of sp³-hybridized carbons (Fsp3) is 0.0588. The van der Waals surface area contributed by atoms with Gasteiger partial charge < -0.3 is 10.6 Å². The largest absolute Gasteiger partial charge is 0.321 e. The lowest BCUT2D eigenvalue weighted by Gasteiger charge is -2.10. The normalized spacial score (nSPS) is 11.3. The van der Waals surface area contributed by atoms with E-state index in [1.54, 1.807) is 12.1 Å². The second kappa shape index (κ2) is 10.2. The number of aromatic nitrogens is 4. The maximum Gasteiger partial charge on any atom is 0.274 e. The van der Waals surface area contributed by atoms with E-state index in [0.717, 1.165) is 21.8 Å². The van der Waals surface area contributed by atoms with Gasteiger partial charge in [-0.25, -0.2) is 23.5 Å². The smallest absolute Gasteiger partial charge is 0.274 e. The highest BCUT2D eigenvalue weighted by molar-refractivity contribution is 6.10. The Morgan fingerprint density at radius 1 is 0.628 bits per heavy atom. The molecule has 0 aliphatic rings. The SMILES string of the molecule is C[n+]1cccc2cc(NC(=O)c3ccc4cc(F)c5ccc(C(=O)Nc6ccc7c(ccc[n+]7C)c6)nc5c4n3)ccc21. The van der Waals surface area contributed by atoms with Gasteiger partial charge in [0.15, 0.2) is 12.4 Å². The first-order chi connectivity index (χ1) is 20.8. The van der Waals surface area contributed by atoms with E-state index >= 15 is 4.39 Å². The van der Waals surface area contributed by atoms with Crippen LogP contribution >= 0.6 is 0 Å². The Bertz CT molecular complexity index is 2280. The van der Waals surface area contributed by atoms with E-state index in [1.807, 2.05) is 96.3 Å². The third-order valence-corrected chi connectivity index (χ3v) is 7.55. The van der Waals surface area contributed by atoms with E-state index in [9.17, 15) is 9.59 Å². The molecular formula is C34H25FN6O2+2. The number of carbonyl (C=O) groups is 2. The van der Waals surface area contributed by atoms with Crippen molar-refractivity contribution in [2.75, 3.05) is 10.6 Å².